The SMILES string of the molecule is O=C(O)Cc1cc(-c2cnccn2)ccn1. The van der Waals surface area contributed by atoms with E-state index < -0.39 is 5.97 Å². The van der Waals surface area contributed by atoms with Crippen molar-refractivity contribution in [2.45, 2.75) is 6.42 Å². The predicted molar refractivity (Wildman–Crippen MR) is 56.6 cm³/mol. The summed E-state index contributed by atoms with van der Waals surface area (Å²) in [6.07, 6.45) is 6.28. The van der Waals surface area contributed by atoms with E-state index in [2.05, 4.69) is 15.0 Å². The highest BCUT2D eigenvalue weighted by Gasteiger charge is 2.04. The number of aromatic nitrogens is 3. The molecule has 0 bridgehead atoms. The Morgan fingerprint density at radius 1 is 1.25 bits per heavy atom. The lowest BCUT2D eigenvalue weighted by Gasteiger charge is -2.01. The van der Waals surface area contributed by atoms with Crippen LogP contribution in [0.5, 0.6) is 0 Å². The number of pyridine rings is 1. The summed E-state index contributed by atoms with van der Waals surface area (Å²) in [5, 5.41) is 8.66. The molecule has 0 atom stereocenters. The fourth-order valence-electron chi connectivity index (χ4n) is 1.34. The molecule has 0 radical (unpaired) electrons. The summed E-state index contributed by atoms with van der Waals surface area (Å²) in [5.41, 5.74) is 2.03. The van der Waals surface area contributed by atoms with E-state index in [0.717, 1.165) is 5.56 Å². The number of nitrogens with zero attached hydrogens (tertiary/aromatic N) is 3. The van der Waals surface area contributed by atoms with E-state index in [1.807, 2.05) is 0 Å². The maximum absolute atomic E-state index is 10.5. The van der Waals surface area contributed by atoms with Crippen LogP contribution in [0.3, 0.4) is 0 Å². The average Bonchev–Trinajstić information content (AvgIpc) is 2.30. The second-order valence-corrected chi connectivity index (χ2v) is 3.20. The van der Waals surface area contributed by atoms with Crippen LogP contribution in [0, 0.1) is 0 Å². The molecule has 0 saturated carbocycles. The molecule has 0 aromatic carbocycles. The van der Waals surface area contributed by atoms with Crippen LogP contribution in [0.25, 0.3) is 11.3 Å². The van der Waals surface area contributed by atoms with E-state index in [4.69, 9.17) is 5.11 Å². The summed E-state index contributed by atoms with van der Waals surface area (Å²) in [5.74, 6) is -0.899. The second kappa shape index (κ2) is 4.48. The smallest absolute Gasteiger partial charge is 0.309 e. The van der Waals surface area contributed by atoms with Gasteiger partial charge in [-0.2, -0.15) is 0 Å². The number of aliphatic carboxylic acids is 1. The average molecular weight is 215 g/mol. The molecule has 2 heterocycles. The van der Waals surface area contributed by atoms with Crippen molar-refractivity contribution >= 4 is 5.97 Å². The standard InChI is InChI=1S/C11H9N3O2/c15-11(16)6-9-5-8(1-2-13-9)10-7-12-3-4-14-10/h1-5,7H,6H2,(H,15,16). The quantitative estimate of drug-likeness (QED) is 0.831. The van der Waals surface area contributed by atoms with Crippen LogP contribution >= 0.6 is 0 Å². The van der Waals surface area contributed by atoms with E-state index in [1.165, 1.54) is 0 Å². The fraction of sp³-hybridized carbons (Fsp3) is 0.0909. The van der Waals surface area contributed by atoms with E-state index in [0.29, 0.717) is 11.4 Å². The number of hydrogen-bond donors (Lipinski definition) is 1. The highest BCUT2D eigenvalue weighted by atomic mass is 16.4. The highest BCUT2D eigenvalue weighted by Crippen LogP contribution is 2.15. The Morgan fingerprint density at radius 2 is 2.12 bits per heavy atom. The van der Waals surface area contributed by atoms with E-state index in [9.17, 15) is 4.79 Å². The van der Waals surface area contributed by atoms with Crippen molar-refractivity contribution in [3.05, 3.63) is 42.6 Å². The van der Waals surface area contributed by atoms with Gasteiger partial charge in [0.05, 0.1) is 24.0 Å². The first-order valence-electron chi connectivity index (χ1n) is 4.69. The molecule has 2 rings (SSSR count). The minimum Gasteiger partial charge on any atom is -0.481 e. The van der Waals surface area contributed by atoms with Crippen molar-refractivity contribution in [1.29, 1.82) is 0 Å². The minimum absolute atomic E-state index is 0.0892. The molecule has 5 heteroatoms. The maximum atomic E-state index is 10.5. The van der Waals surface area contributed by atoms with Crippen molar-refractivity contribution in [1.82, 2.24) is 15.0 Å². The van der Waals surface area contributed by atoms with Crippen molar-refractivity contribution in [2.75, 3.05) is 0 Å². The van der Waals surface area contributed by atoms with Crippen molar-refractivity contribution < 1.29 is 9.90 Å². The zero-order valence-electron chi connectivity index (χ0n) is 8.37. The topological polar surface area (TPSA) is 76.0 Å². The summed E-state index contributed by atoms with van der Waals surface area (Å²) >= 11 is 0. The molecule has 0 spiro atoms. The molecule has 0 aliphatic rings. The van der Waals surface area contributed by atoms with Gasteiger partial charge in [-0.1, -0.05) is 0 Å². The molecular formula is C11H9N3O2. The highest BCUT2D eigenvalue weighted by molar-refractivity contribution is 5.70. The summed E-state index contributed by atoms with van der Waals surface area (Å²) < 4.78 is 0. The lowest BCUT2D eigenvalue weighted by atomic mass is 10.1. The zero-order valence-corrected chi connectivity index (χ0v) is 8.37. The Bertz CT molecular complexity index is 500. The number of rotatable bonds is 3. The Hall–Kier alpha value is -2.30. The fourth-order valence-corrected chi connectivity index (χ4v) is 1.34. The first-order chi connectivity index (χ1) is 7.75. The second-order valence-electron chi connectivity index (χ2n) is 3.20. The van der Waals surface area contributed by atoms with Gasteiger partial charge in [0.15, 0.2) is 0 Å². The molecule has 1 N–H and O–H groups in total. The third kappa shape index (κ3) is 2.38. The molecule has 0 unspecified atom stereocenters. The number of hydrogen-bond acceptors (Lipinski definition) is 4. The van der Waals surface area contributed by atoms with Crippen LogP contribution in [0.1, 0.15) is 5.69 Å². The largest absolute Gasteiger partial charge is 0.481 e. The first-order valence-corrected chi connectivity index (χ1v) is 4.69. The minimum atomic E-state index is -0.899. The van der Waals surface area contributed by atoms with Crippen molar-refractivity contribution in [3.63, 3.8) is 0 Å². The summed E-state index contributed by atoms with van der Waals surface area (Å²) in [6, 6.07) is 3.48. The molecule has 16 heavy (non-hydrogen) atoms. The van der Waals surface area contributed by atoms with E-state index in [1.54, 1.807) is 36.9 Å². The summed E-state index contributed by atoms with van der Waals surface area (Å²) in [7, 11) is 0. The van der Waals surface area contributed by atoms with Gasteiger partial charge in [-0.05, 0) is 12.1 Å². The third-order valence-corrected chi connectivity index (χ3v) is 2.01. The third-order valence-electron chi connectivity index (χ3n) is 2.01. The van der Waals surface area contributed by atoms with Crippen molar-refractivity contribution in [2.24, 2.45) is 0 Å². The van der Waals surface area contributed by atoms with Crippen LogP contribution in [0.2, 0.25) is 0 Å². The Kier molecular flexibility index (Phi) is 2.86. The zero-order chi connectivity index (χ0) is 11.4. The van der Waals surface area contributed by atoms with Gasteiger partial charge in [0.25, 0.3) is 0 Å². The van der Waals surface area contributed by atoms with Crippen LogP contribution in [0.4, 0.5) is 0 Å². The lowest BCUT2D eigenvalue weighted by molar-refractivity contribution is -0.136. The monoisotopic (exact) mass is 215 g/mol. The van der Waals surface area contributed by atoms with E-state index in [-0.39, 0.29) is 6.42 Å². The predicted octanol–water partition coefficient (Wildman–Crippen LogP) is 1.17. The Balaban J connectivity index is 2.33. The van der Waals surface area contributed by atoms with Gasteiger partial charge in [-0.25, -0.2) is 0 Å². The van der Waals surface area contributed by atoms with Crippen molar-refractivity contribution in [3.8, 4) is 11.3 Å². The van der Waals surface area contributed by atoms with Crippen LogP contribution in [-0.2, 0) is 11.2 Å². The van der Waals surface area contributed by atoms with Gasteiger partial charge in [0.1, 0.15) is 0 Å². The van der Waals surface area contributed by atoms with Crippen LogP contribution < -0.4 is 0 Å². The lowest BCUT2D eigenvalue weighted by Crippen LogP contribution is -2.02. The van der Waals surface area contributed by atoms with Crippen LogP contribution in [-0.4, -0.2) is 26.0 Å². The summed E-state index contributed by atoms with van der Waals surface area (Å²) in [6.45, 7) is 0. The molecular weight excluding hydrogens is 206 g/mol. The molecule has 80 valence electrons. The molecule has 0 aliphatic heterocycles. The Morgan fingerprint density at radius 3 is 2.81 bits per heavy atom. The van der Waals surface area contributed by atoms with Gasteiger partial charge in [-0.15, -0.1) is 0 Å². The van der Waals surface area contributed by atoms with Gasteiger partial charge < -0.3 is 5.11 Å². The molecule has 0 aliphatic carbocycles. The van der Waals surface area contributed by atoms with Crippen LogP contribution in [0.15, 0.2) is 36.9 Å². The molecule has 2 aromatic rings. The van der Waals surface area contributed by atoms with E-state index >= 15 is 0 Å². The van der Waals surface area contributed by atoms with Gasteiger partial charge in [-0.3, -0.25) is 19.7 Å². The summed E-state index contributed by atoms with van der Waals surface area (Å²) in [4.78, 5) is 22.6. The number of carboxylic acid groups (broad SMARTS) is 1. The first kappa shape index (κ1) is 10.2. The molecule has 0 amide bonds. The molecule has 0 fully saturated rings. The molecule has 0 saturated heterocycles. The maximum Gasteiger partial charge on any atom is 0.309 e. The number of carboxylic acids is 1. The van der Waals surface area contributed by atoms with Gasteiger partial charge in [0, 0.05) is 24.2 Å². The Labute approximate surface area is 91.8 Å². The normalized spacial score (nSPS) is 10.0. The molecule has 5 nitrogen and oxygen atoms in total. The molecule has 2 aromatic heterocycles. The number of carbonyl (C=O) groups is 1. The van der Waals surface area contributed by atoms with Gasteiger partial charge in [0.2, 0.25) is 0 Å². The van der Waals surface area contributed by atoms with Gasteiger partial charge >= 0.3 is 5.97 Å².